The molecule has 1 saturated heterocycles. The van der Waals surface area contributed by atoms with E-state index in [1.165, 1.54) is 0 Å². The second kappa shape index (κ2) is 3.67. The maximum absolute atomic E-state index is 9.00. The number of nitriles is 1. The highest BCUT2D eigenvalue weighted by Gasteiger charge is 2.34. The first-order valence-electron chi connectivity index (χ1n) is 5.62. The number of aromatic nitrogens is 1. The highest BCUT2D eigenvalue weighted by Crippen LogP contribution is 2.36. The number of hydrogen-bond donors (Lipinski definition) is 0. The van der Waals surface area contributed by atoms with Gasteiger partial charge in [0.2, 0.25) is 0 Å². The first-order valence-corrected chi connectivity index (χ1v) is 5.62. The normalized spacial score (nSPS) is 27.3. The van der Waals surface area contributed by atoms with Crippen LogP contribution in [0.15, 0.2) is 18.3 Å². The fraction of sp³-hybridized carbons (Fsp3) is 0.500. The molecule has 2 aliphatic rings. The van der Waals surface area contributed by atoms with E-state index >= 15 is 0 Å². The number of nitrogens with zero attached hydrogens (tertiary/aromatic N) is 3. The fourth-order valence-corrected chi connectivity index (χ4v) is 2.46. The first-order chi connectivity index (χ1) is 7.88. The molecule has 16 heavy (non-hydrogen) atoms. The van der Waals surface area contributed by atoms with Gasteiger partial charge in [-0.05, 0) is 25.0 Å². The second-order valence-electron chi connectivity index (χ2n) is 4.35. The minimum Gasteiger partial charge on any atom is -0.488 e. The molecule has 4 heteroatoms. The molecule has 0 spiro atoms. The van der Waals surface area contributed by atoms with Crippen LogP contribution in [0, 0.1) is 17.2 Å². The molecular formula is C12H13N3O. The Kier molecular flexibility index (Phi) is 2.17. The summed E-state index contributed by atoms with van der Waals surface area (Å²) in [4.78, 5) is 6.60. The van der Waals surface area contributed by atoms with Crippen molar-refractivity contribution in [3.63, 3.8) is 0 Å². The minimum atomic E-state index is 0.129. The molecule has 0 amide bonds. The molecule has 2 atom stereocenters. The molecule has 3 rings (SSSR count). The smallest absolute Gasteiger partial charge is 0.171 e. The number of piperidine rings is 1. The van der Waals surface area contributed by atoms with Gasteiger partial charge in [0.1, 0.15) is 6.61 Å². The molecule has 0 bridgehead atoms. The van der Waals surface area contributed by atoms with Crippen molar-refractivity contribution in [1.29, 1.82) is 5.26 Å². The van der Waals surface area contributed by atoms with Crippen molar-refractivity contribution in [2.24, 2.45) is 5.92 Å². The van der Waals surface area contributed by atoms with Crippen molar-refractivity contribution in [2.75, 3.05) is 18.1 Å². The van der Waals surface area contributed by atoms with E-state index in [0.29, 0.717) is 6.04 Å². The van der Waals surface area contributed by atoms with Gasteiger partial charge in [0, 0.05) is 12.7 Å². The highest BCUT2D eigenvalue weighted by atomic mass is 16.5. The number of hydrogen-bond acceptors (Lipinski definition) is 4. The molecule has 3 heterocycles. The van der Waals surface area contributed by atoms with Crippen molar-refractivity contribution in [1.82, 2.24) is 4.98 Å². The van der Waals surface area contributed by atoms with Gasteiger partial charge >= 0.3 is 0 Å². The minimum absolute atomic E-state index is 0.129. The topological polar surface area (TPSA) is 49.1 Å². The Hall–Kier alpha value is -1.76. The van der Waals surface area contributed by atoms with Gasteiger partial charge in [0.15, 0.2) is 11.6 Å². The summed E-state index contributed by atoms with van der Waals surface area (Å²) in [6, 6.07) is 6.57. The van der Waals surface area contributed by atoms with Gasteiger partial charge in [-0.15, -0.1) is 0 Å². The third kappa shape index (κ3) is 1.40. The third-order valence-electron chi connectivity index (χ3n) is 3.34. The van der Waals surface area contributed by atoms with Crippen molar-refractivity contribution in [3.05, 3.63) is 18.3 Å². The lowest BCUT2D eigenvalue weighted by atomic mass is 9.93. The Bertz CT molecular complexity index is 440. The van der Waals surface area contributed by atoms with Gasteiger partial charge in [-0.2, -0.15) is 5.26 Å². The molecule has 0 aliphatic carbocycles. The van der Waals surface area contributed by atoms with Crippen LogP contribution in [0.5, 0.6) is 5.75 Å². The lowest BCUT2D eigenvalue weighted by Crippen LogP contribution is -2.49. The maximum atomic E-state index is 9.00. The Balaban J connectivity index is 1.94. The summed E-state index contributed by atoms with van der Waals surface area (Å²) in [6.07, 6.45) is 3.78. The quantitative estimate of drug-likeness (QED) is 0.659. The lowest BCUT2D eigenvalue weighted by molar-refractivity contribution is 0.228. The molecule has 0 N–H and O–H groups in total. The zero-order valence-electron chi connectivity index (χ0n) is 8.97. The largest absolute Gasteiger partial charge is 0.488 e. The van der Waals surface area contributed by atoms with Gasteiger partial charge in [-0.25, -0.2) is 4.98 Å². The van der Waals surface area contributed by atoms with Gasteiger partial charge in [-0.1, -0.05) is 0 Å². The molecule has 2 aliphatic heterocycles. The summed E-state index contributed by atoms with van der Waals surface area (Å²) in [5.74, 6) is 1.88. The van der Waals surface area contributed by atoms with Gasteiger partial charge in [0.05, 0.1) is 18.0 Å². The average molecular weight is 215 g/mol. The first kappa shape index (κ1) is 9.46. The SMILES string of the molecule is N#CC1CCC2COc3cccnc3N2C1. The molecule has 0 aromatic carbocycles. The number of rotatable bonds is 0. The van der Waals surface area contributed by atoms with E-state index in [0.717, 1.165) is 37.6 Å². The van der Waals surface area contributed by atoms with E-state index in [9.17, 15) is 0 Å². The summed E-state index contributed by atoms with van der Waals surface area (Å²) in [5, 5.41) is 9.00. The van der Waals surface area contributed by atoms with E-state index in [4.69, 9.17) is 10.00 Å². The van der Waals surface area contributed by atoms with E-state index in [2.05, 4.69) is 16.0 Å². The van der Waals surface area contributed by atoms with Crippen LogP contribution in [0.2, 0.25) is 0 Å². The number of ether oxygens (including phenoxy) is 1. The molecular weight excluding hydrogens is 202 g/mol. The monoisotopic (exact) mass is 215 g/mol. The standard InChI is InChI=1S/C12H13N3O/c13-6-9-3-4-10-8-16-11-2-1-5-14-12(11)15(10)7-9/h1-2,5,9-10H,3-4,7-8H2. The Labute approximate surface area is 94.5 Å². The molecule has 82 valence electrons. The van der Waals surface area contributed by atoms with E-state index in [-0.39, 0.29) is 5.92 Å². The molecule has 0 saturated carbocycles. The predicted molar refractivity (Wildman–Crippen MR) is 59.2 cm³/mol. The maximum Gasteiger partial charge on any atom is 0.171 e. The predicted octanol–water partition coefficient (Wildman–Crippen LogP) is 1.58. The molecule has 0 radical (unpaired) electrons. The average Bonchev–Trinajstić information content (AvgIpc) is 2.38. The van der Waals surface area contributed by atoms with Crippen LogP contribution in [0.4, 0.5) is 5.82 Å². The van der Waals surface area contributed by atoms with Gasteiger partial charge < -0.3 is 9.64 Å². The summed E-state index contributed by atoms with van der Waals surface area (Å²) < 4.78 is 5.67. The van der Waals surface area contributed by atoms with Crippen LogP contribution >= 0.6 is 0 Å². The van der Waals surface area contributed by atoms with Crippen molar-refractivity contribution in [3.8, 4) is 11.8 Å². The Morgan fingerprint density at radius 3 is 3.31 bits per heavy atom. The summed E-state index contributed by atoms with van der Waals surface area (Å²) in [6.45, 7) is 1.51. The second-order valence-corrected chi connectivity index (χ2v) is 4.35. The highest BCUT2D eigenvalue weighted by molar-refractivity contribution is 5.55. The molecule has 1 fully saturated rings. The van der Waals surface area contributed by atoms with E-state index in [1.807, 2.05) is 12.1 Å². The van der Waals surface area contributed by atoms with Crippen molar-refractivity contribution < 1.29 is 4.74 Å². The third-order valence-corrected chi connectivity index (χ3v) is 3.34. The fourth-order valence-electron chi connectivity index (χ4n) is 2.46. The Morgan fingerprint density at radius 2 is 2.44 bits per heavy atom. The van der Waals surface area contributed by atoms with Gasteiger partial charge in [0.25, 0.3) is 0 Å². The van der Waals surface area contributed by atoms with Crippen LogP contribution in [0.1, 0.15) is 12.8 Å². The van der Waals surface area contributed by atoms with Crippen LogP contribution in [0.3, 0.4) is 0 Å². The summed E-state index contributed by atoms with van der Waals surface area (Å²) >= 11 is 0. The van der Waals surface area contributed by atoms with Crippen LogP contribution in [0.25, 0.3) is 0 Å². The van der Waals surface area contributed by atoms with Crippen LogP contribution < -0.4 is 9.64 Å². The summed E-state index contributed by atoms with van der Waals surface area (Å²) in [7, 11) is 0. The van der Waals surface area contributed by atoms with Crippen LogP contribution in [-0.4, -0.2) is 24.2 Å². The molecule has 1 aromatic rings. The molecule has 4 nitrogen and oxygen atoms in total. The Morgan fingerprint density at radius 1 is 1.50 bits per heavy atom. The van der Waals surface area contributed by atoms with E-state index < -0.39 is 0 Å². The zero-order chi connectivity index (χ0) is 11.0. The number of pyridine rings is 1. The van der Waals surface area contributed by atoms with Crippen LogP contribution in [-0.2, 0) is 0 Å². The zero-order valence-corrected chi connectivity index (χ0v) is 8.97. The van der Waals surface area contributed by atoms with Crippen molar-refractivity contribution >= 4 is 5.82 Å². The number of anilines is 1. The molecule has 1 aromatic heterocycles. The summed E-state index contributed by atoms with van der Waals surface area (Å²) in [5.41, 5.74) is 0. The number of fused-ring (bicyclic) bond motifs is 3. The molecule has 2 unspecified atom stereocenters. The van der Waals surface area contributed by atoms with E-state index in [1.54, 1.807) is 6.20 Å². The lowest BCUT2D eigenvalue weighted by Gasteiger charge is -2.41. The van der Waals surface area contributed by atoms with Gasteiger partial charge in [-0.3, -0.25) is 0 Å². The van der Waals surface area contributed by atoms with Crippen molar-refractivity contribution in [2.45, 2.75) is 18.9 Å².